The van der Waals surface area contributed by atoms with Crippen LogP contribution >= 0.6 is 0 Å². The molecule has 0 radical (unpaired) electrons. The van der Waals surface area contributed by atoms with Crippen LogP contribution in [0.1, 0.15) is 19.8 Å². The highest BCUT2D eigenvalue weighted by molar-refractivity contribution is 5.81. The van der Waals surface area contributed by atoms with E-state index in [1.54, 1.807) is 0 Å². The predicted molar refractivity (Wildman–Crippen MR) is 44.7 cm³/mol. The number of hydrogen-bond donors (Lipinski definition) is 2. The third kappa shape index (κ3) is 2.00. The van der Waals surface area contributed by atoms with Crippen LogP contribution in [0.5, 0.6) is 0 Å². The van der Waals surface area contributed by atoms with Gasteiger partial charge in [-0.05, 0) is 19.8 Å². The van der Waals surface area contributed by atoms with E-state index in [4.69, 9.17) is 0 Å². The van der Waals surface area contributed by atoms with Crippen LogP contribution in [-0.2, 0) is 4.79 Å². The van der Waals surface area contributed by atoms with E-state index in [1.165, 1.54) is 14.0 Å². The van der Waals surface area contributed by atoms with E-state index in [2.05, 4.69) is 10.6 Å². The molecule has 1 saturated carbocycles. The summed E-state index contributed by atoms with van der Waals surface area (Å²) in [4.78, 5) is 11.0. The number of carbonyl (C=O) groups is 1. The molecule has 0 saturated heterocycles. The van der Waals surface area contributed by atoms with Gasteiger partial charge in [0, 0.05) is 7.05 Å². The highest BCUT2D eigenvalue weighted by Crippen LogP contribution is 2.49. The topological polar surface area (TPSA) is 41.1 Å². The van der Waals surface area contributed by atoms with E-state index in [-0.39, 0.29) is 12.8 Å². The maximum absolute atomic E-state index is 12.4. The second-order valence-electron chi connectivity index (χ2n) is 3.56. The third-order valence-electron chi connectivity index (χ3n) is 2.43. The summed E-state index contributed by atoms with van der Waals surface area (Å²) in [5.41, 5.74) is -1.82. The number of nitrogens with one attached hydrogen (secondary N) is 2. The molecule has 0 aliphatic heterocycles. The van der Waals surface area contributed by atoms with E-state index in [1.807, 2.05) is 0 Å². The Morgan fingerprint density at radius 3 is 2.21 bits per heavy atom. The minimum Gasteiger partial charge on any atom is -0.358 e. The zero-order chi connectivity index (χ0) is 11.0. The molecule has 14 heavy (non-hydrogen) atoms. The number of halogens is 3. The van der Waals surface area contributed by atoms with Crippen molar-refractivity contribution in [2.75, 3.05) is 7.05 Å². The fourth-order valence-electron chi connectivity index (χ4n) is 1.33. The highest BCUT2D eigenvalue weighted by atomic mass is 19.4. The summed E-state index contributed by atoms with van der Waals surface area (Å²) in [6.07, 6.45) is -4.16. The SMILES string of the molecule is CNC(=O)C(C)NC1(C(F)(F)F)CC1. The molecule has 0 aromatic heterocycles. The zero-order valence-corrected chi connectivity index (χ0v) is 8.03. The van der Waals surface area contributed by atoms with Crippen molar-refractivity contribution in [3.05, 3.63) is 0 Å². The summed E-state index contributed by atoms with van der Waals surface area (Å²) in [6, 6.07) is -0.816. The molecular formula is C8H13F3N2O. The van der Waals surface area contributed by atoms with Crippen LogP contribution < -0.4 is 10.6 Å². The van der Waals surface area contributed by atoms with E-state index in [0.29, 0.717) is 0 Å². The Balaban J connectivity index is 2.57. The third-order valence-corrected chi connectivity index (χ3v) is 2.43. The molecule has 3 nitrogen and oxygen atoms in total. The van der Waals surface area contributed by atoms with Gasteiger partial charge in [0.15, 0.2) is 0 Å². The van der Waals surface area contributed by atoms with Crippen LogP contribution in [0, 0.1) is 0 Å². The summed E-state index contributed by atoms with van der Waals surface area (Å²) in [5, 5.41) is 4.62. The van der Waals surface area contributed by atoms with Crippen LogP contribution in [0.3, 0.4) is 0 Å². The molecule has 1 amide bonds. The second-order valence-corrected chi connectivity index (χ2v) is 3.56. The lowest BCUT2D eigenvalue weighted by molar-refractivity contribution is -0.168. The first-order valence-electron chi connectivity index (χ1n) is 4.38. The summed E-state index contributed by atoms with van der Waals surface area (Å²) in [7, 11) is 1.40. The molecule has 0 spiro atoms. The fraction of sp³-hybridized carbons (Fsp3) is 0.875. The molecule has 0 aromatic rings. The lowest BCUT2D eigenvalue weighted by atomic mass is 10.2. The predicted octanol–water partition coefficient (Wildman–Crippen LogP) is 0.805. The normalized spacial score (nSPS) is 21.5. The molecule has 6 heteroatoms. The van der Waals surface area contributed by atoms with Crippen LogP contribution in [-0.4, -0.2) is 30.7 Å². The maximum Gasteiger partial charge on any atom is 0.406 e. The number of alkyl halides is 3. The summed E-state index contributed by atoms with van der Waals surface area (Å²) < 4.78 is 37.3. The van der Waals surface area contributed by atoms with Crippen molar-refractivity contribution in [2.24, 2.45) is 0 Å². The van der Waals surface area contributed by atoms with Gasteiger partial charge < -0.3 is 5.32 Å². The Hall–Kier alpha value is -0.780. The first-order valence-corrected chi connectivity index (χ1v) is 4.38. The summed E-state index contributed by atoms with van der Waals surface area (Å²) in [6.45, 7) is 1.42. The number of amides is 1. The van der Waals surface area contributed by atoms with Crippen LogP contribution in [0.2, 0.25) is 0 Å². The van der Waals surface area contributed by atoms with Gasteiger partial charge in [-0.1, -0.05) is 0 Å². The number of likely N-dealkylation sites (N-methyl/N-ethyl adjacent to an activating group) is 1. The van der Waals surface area contributed by atoms with Gasteiger partial charge in [0.05, 0.1) is 6.04 Å². The molecule has 1 aliphatic rings. The van der Waals surface area contributed by atoms with Gasteiger partial charge in [-0.2, -0.15) is 13.2 Å². The Morgan fingerprint density at radius 1 is 1.43 bits per heavy atom. The molecule has 1 atom stereocenters. The molecule has 0 aromatic carbocycles. The van der Waals surface area contributed by atoms with Crippen molar-refractivity contribution in [3.63, 3.8) is 0 Å². The van der Waals surface area contributed by atoms with Crippen molar-refractivity contribution >= 4 is 5.91 Å². The average Bonchev–Trinajstić information content (AvgIpc) is 2.82. The second kappa shape index (κ2) is 3.42. The van der Waals surface area contributed by atoms with E-state index in [0.717, 1.165) is 0 Å². The number of rotatable bonds is 3. The Labute approximate surface area is 80.0 Å². The van der Waals surface area contributed by atoms with Crippen LogP contribution in [0.25, 0.3) is 0 Å². The molecule has 1 rings (SSSR count). The molecular weight excluding hydrogens is 197 g/mol. The van der Waals surface area contributed by atoms with Gasteiger partial charge in [-0.15, -0.1) is 0 Å². The number of carbonyl (C=O) groups excluding carboxylic acids is 1. The summed E-state index contributed by atoms with van der Waals surface area (Å²) in [5.74, 6) is -0.430. The fourth-order valence-corrected chi connectivity index (χ4v) is 1.33. The number of hydrogen-bond acceptors (Lipinski definition) is 2. The molecule has 1 fully saturated rings. The molecule has 0 bridgehead atoms. The lowest BCUT2D eigenvalue weighted by Crippen LogP contribution is -2.53. The first-order chi connectivity index (χ1) is 6.32. The maximum atomic E-state index is 12.4. The van der Waals surface area contributed by atoms with Crippen molar-refractivity contribution in [1.82, 2.24) is 10.6 Å². The van der Waals surface area contributed by atoms with Gasteiger partial charge >= 0.3 is 6.18 Å². The Morgan fingerprint density at radius 2 is 1.93 bits per heavy atom. The Kier molecular flexibility index (Phi) is 2.76. The van der Waals surface area contributed by atoms with E-state index >= 15 is 0 Å². The summed E-state index contributed by atoms with van der Waals surface area (Å²) >= 11 is 0. The molecule has 1 aliphatic carbocycles. The standard InChI is InChI=1S/C8H13F3N2O/c1-5(6(14)12-2)13-7(3-4-7)8(9,10)11/h5,13H,3-4H2,1-2H3,(H,12,14). The molecule has 82 valence electrons. The minimum absolute atomic E-state index is 0.0534. The van der Waals surface area contributed by atoms with Gasteiger partial charge in [0.2, 0.25) is 5.91 Å². The highest BCUT2D eigenvalue weighted by Gasteiger charge is 2.63. The lowest BCUT2D eigenvalue weighted by Gasteiger charge is -2.24. The van der Waals surface area contributed by atoms with Gasteiger partial charge in [0.1, 0.15) is 5.54 Å². The average molecular weight is 210 g/mol. The molecule has 0 heterocycles. The van der Waals surface area contributed by atoms with Crippen molar-refractivity contribution < 1.29 is 18.0 Å². The molecule has 1 unspecified atom stereocenters. The Bertz CT molecular complexity index is 235. The molecule has 2 N–H and O–H groups in total. The zero-order valence-electron chi connectivity index (χ0n) is 8.03. The first kappa shape index (κ1) is 11.3. The van der Waals surface area contributed by atoms with Crippen molar-refractivity contribution in [1.29, 1.82) is 0 Å². The van der Waals surface area contributed by atoms with Gasteiger partial charge in [0.25, 0.3) is 0 Å². The van der Waals surface area contributed by atoms with Gasteiger partial charge in [-0.25, -0.2) is 0 Å². The van der Waals surface area contributed by atoms with Crippen molar-refractivity contribution in [2.45, 2.75) is 37.5 Å². The smallest absolute Gasteiger partial charge is 0.358 e. The van der Waals surface area contributed by atoms with Crippen LogP contribution in [0.4, 0.5) is 13.2 Å². The van der Waals surface area contributed by atoms with Crippen LogP contribution in [0.15, 0.2) is 0 Å². The van der Waals surface area contributed by atoms with Gasteiger partial charge in [-0.3, -0.25) is 10.1 Å². The minimum atomic E-state index is -4.27. The van der Waals surface area contributed by atoms with E-state index < -0.39 is 23.7 Å². The van der Waals surface area contributed by atoms with Crippen molar-refractivity contribution in [3.8, 4) is 0 Å². The van der Waals surface area contributed by atoms with E-state index in [9.17, 15) is 18.0 Å². The largest absolute Gasteiger partial charge is 0.406 e. The monoisotopic (exact) mass is 210 g/mol. The quantitative estimate of drug-likeness (QED) is 0.723.